The number of aromatic nitrogens is 2. The summed E-state index contributed by atoms with van der Waals surface area (Å²) in [5.41, 5.74) is 0. The van der Waals surface area contributed by atoms with Crippen LogP contribution in [0.25, 0.3) is 0 Å². The molecule has 4 nitrogen and oxygen atoms in total. The summed E-state index contributed by atoms with van der Waals surface area (Å²) in [6, 6.07) is 3.78. The highest BCUT2D eigenvalue weighted by molar-refractivity contribution is 5.68. The van der Waals surface area contributed by atoms with Crippen LogP contribution < -0.4 is 4.90 Å². The van der Waals surface area contributed by atoms with Crippen molar-refractivity contribution in [3.05, 3.63) is 30.7 Å². The number of hydrogen-bond acceptors (Lipinski definition) is 4. The summed E-state index contributed by atoms with van der Waals surface area (Å²) in [7, 11) is 0. The van der Waals surface area contributed by atoms with E-state index in [9.17, 15) is 0 Å². The number of hydrogen-bond donors (Lipinski definition) is 0. The summed E-state index contributed by atoms with van der Waals surface area (Å²) in [6.07, 6.45) is 7.10. The molecule has 2 heterocycles. The molecule has 1 aromatic rings. The average Bonchev–Trinajstić information content (AvgIpc) is 2.21. The van der Waals surface area contributed by atoms with Crippen molar-refractivity contribution in [1.82, 2.24) is 10.2 Å². The molecule has 0 aromatic carbocycles. The SMILES string of the molecule is C1=CN(c2cccnn2)CC=N1. The molecule has 0 atom stereocenters. The van der Waals surface area contributed by atoms with Crippen molar-refractivity contribution in [2.75, 3.05) is 11.4 Å². The van der Waals surface area contributed by atoms with Crippen LogP contribution in [0.1, 0.15) is 0 Å². The van der Waals surface area contributed by atoms with Gasteiger partial charge in [0, 0.05) is 24.8 Å². The van der Waals surface area contributed by atoms with Crippen molar-refractivity contribution in [3.63, 3.8) is 0 Å². The predicted octanol–water partition coefficient (Wildman–Crippen LogP) is 0.839. The lowest BCUT2D eigenvalue weighted by atomic mass is 10.4. The third-order valence-electron chi connectivity index (χ3n) is 1.57. The van der Waals surface area contributed by atoms with E-state index in [1.807, 2.05) is 29.4 Å². The second kappa shape index (κ2) is 3.13. The topological polar surface area (TPSA) is 41.4 Å². The highest BCUT2D eigenvalue weighted by Gasteiger charge is 2.03. The maximum atomic E-state index is 3.97. The van der Waals surface area contributed by atoms with Crippen LogP contribution in [0.2, 0.25) is 0 Å². The Morgan fingerprint density at radius 1 is 1.42 bits per heavy atom. The Balaban J connectivity index is 2.21. The van der Waals surface area contributed by atoms with Crippen molar-refractivity contribution < 1.29 is 0 Å². The molecular weight excluding hydrogens is 152 g/mol. The molecule has 0 spiro atoms. The zero-order valence-corrected chi connectivity index (χ0v) is 6.46. The van der Waals surface area contributed by atoms with Gasteiger partial charge in [0.1, 0.15) is 0 Å². The van der Waals surface area contributed by atoms with Gasteiger partial charge in [0.15, 0.2) is 5.82 Å². The molecule has 0 fully saturated rings. The average molecular weight is 160 g/mol. The molecule has 1 aliphatic rings. The molecule has 0 radical (unpaired) electrons. The van der Waals surface area contributed by atoms with Crippen molar-refractivity contribution in [2.45, 2.75) is 0 Å². The maximum Gasteiger partial charge on any atom is 0.155 e. The van der Waals surface area contributed by atoms with Gasteiger partial charge in [-0.15, -0.1) is 5.10 Å². The van der Waals surface area contributed by atoms with Gasteiger partial charge in [0.2, 0.25) is 0 Å². The van der Waals surface area contributed by atoms with Crippen molar-refractivity contribution >= 4 is 12.0 Å². The predicted molar refractivity (Wildman–Crippen MR) is 47.0 cm³/mol. The van der Waals surface area contributed by atoms with E-state index in [2.05, 4.69) is 15.2 Å². The fourth-order valence-electron chi connectivity index (χ4n) is 0.992. The summed E-state index contributed by atoms with van der Waals surface area (Å²) in [6.45, 7) is 0.759. The molecule has 60 valence electrons. The summed E-state index contributed by atoms with van der Waals surface area (Å²) in [5, 5.41) is 7.76. The number of rotatable bonds is 1. The van der Waals surface area contributed by atoms with Gasteiger partial charge in [0.05, 0.1) is 6.54 Å². The standard InChI is InChI=1S/C8H8N4/c1-2-8(11-10-3-1)12-6-4-9-5-7-12/h1-6H,7H2. The molecule has 1 aliphatic heterocycles. The maximum absolute atomic E-state index is 3.97. The minimum absolute atomic E-state index is 0.759. The Kier molecular flexibility index (Phi) is 1.82. The largest absolute Gasteiger partial charge is 0.325 e. The van der Waals surface area contributed by atoms with Crippen LogP contribution in [0.3, 0.4) is 0 Å². The second-order valence-corrected chi connectivity index (χ2v) is 2.36. The quantitative estimate of drug-likeness (QED) is 0.611. The van der Waals surface area contributed by atoms with Gasteiger partial charge in [-0.05, 0) is 12.1 Å². The Bertz CT molecular complexity index is 304. The van der Waals surface area contributed by atoms with Gasteiger partial charge in [-0.2, -0.15) is 5.10 Å². The van der Waals surface area contributed by atoms with Gasteiger partial charge >= 0.3 is 0 Å². The van der Waals surface area contributed by atoms with E-state index in [0.717, 1.165) is 12.4 Å². The molecule has 4 heteroatoms. The molecule has 0 unspecified atom stereocenters. The van der Waals surface area contributed by atoms with E-state index in [-0.39, 0.29) is 0 Å². The zero-order chi connectivity index (χ0) is 8.23. The normalized spacial score (nSPS) is 15.2. The number of aliphatic imine (C=N–C) groups is 1. The lowest BCUT2D eigenvalue weighted by Gasteiger charge is -2.17. The highest BCUT2D eigenvalue weighted by atomic mass is 15.3. The smallest absolute Gasteiger partial charge is 0.155 e. The molecule has 0 bridgehead atoms. The molecule has 0 amide bonds. The fourth-order valence-corrected chi connectivity index (χ4v) is 0.992. The van der Waals surface area contributed by atoms with Crippen LogP contribution in [-0.4, -0.2) is 23.0 Å². The molecule has 1 aromatic heterocycles. The molecular formula is C8H8N4. The first-order chi connectivity index (χ1) is 5.97. The summed E-state index contributed by atoms with van der Waals surface area (Å²) in [4.78, 5) is 5.93. The van der Waals surface area contributed by atoms with E-state index in [1.54, 1.807) is 12.4 Å². The van der Waals surface area contributed by atoms with Crippen LogP contribution in [0.5, 0.6) is 0 Å². The van der Waals surface area contributed by atoms with Gasteiger partial charge in [-0.1, -0.05) is 0 Å². The van der Waals surface area contributed by atoms with E-state index < -0.39 is 0 Å². The van der Waals surface area contributed by atoms with Gasteiger partial charge in [-0.3, -0.25) is 4.99 Å². The molecule has 0 saturated heterocycles. The minimum atomic E-state index is 0.759. The van der Waals surface area contributed by atoms with Crippen molar-refractivity contribution in [3.8, 4) is 0 Å². The van der Waals surface area contributed by atoms with E-state index >= 15 is 0 Å². The van der Waals surface area contributed by atoms with Crippen LogP contribution in [0.4, 0.5) is 5.82 Å². The van der Waals surface area contributed by atoms with Crippen LogP contribution in [0, 0.1) is 0 Å². The van der Waals surface area contributed by atoms with Crippen molar-refractivity contribution in [2.24, 2.45) is 4.99 Å². The lowest BCUT2D eigenvalue weighted by molar-refractivity contribution is 0.961. The third kappa shape index (κ3) is 1.32. The highest BCUT2D eigenvalue weighted by Crippen LogP contribution is 2.08. The first-order valence-electron chi connectivity index (χ1n) is 3.69. The van der Waals surface area contributed by atoms with Gasteiger partial charge < -0.3 is 4.90 Å². The van der Waals surface area contributed by atoms with Crippen LogP contribution in [-0.2, 0) is 0 Å². The third-order valence-corrected chi connectivity index (χ3v) is 1.57. The minimum Gasteiger partial charge on any atom is -0.325 e. The fraction of sp³-hybridized carbons (Fsp3) is 0.125. The second-order valence-electron chi connectivity index (χ2n) is 2.36. The first kappa shape index (κ1) is 6.97. The Morgan fingerprint density at radius 2 is 2.42 bits per heavy atom. The summed E-state index contributed by atoms with van der Waals surface area (Å²) in [5.74, 6) is 0.847. The lowest BCUT2D eigenvalue weighted by Crippen LogP contribution is -2.21. The zero-order valence-electron chi connectivity index (χ0n) is 6.46. The molecule has 0 N–H and O–H groups in total. The monoisotopic (exact) mass is 160 g/mol. The van der Waals surface area contributed by atoms with E-state index in [1.165, 1.54) is 0 Å². The number of nitrogens with zero attached hydrogens (tertiary/aromatic N) is 4. The first-order valence-corrected chi connectivity index (χ1v) is 3.69. The Morgan fingerprint density at radius 3 is 3.08 bits per heavy atom. The van der Waals surface area contributed by atoms with E-state index in [4.69, 9.17) is 0 Å². The molecule has 12 heavy (non-hydrogen) atoms. The summed E-state index contributed by atoms with van der Waals surface area (Å²) >= 11 is 0. The summed E-state index contributed by atoms with van der Waals surface area (Å²) < 4.78 is 0. The Hall–Kier alpha value is -1.71. The number of anilines is 1. The van der Waals surface area contributed by atoms with Gasteiger partial charge in [-0.25, -0.2) is 0 Å². The van der Waals surface area contributed by atoms with Crippen molar-refractivity contribution in [1.29, 1.82) is 0 Å². The molecule has 0 saturated carbocycles. The van der Waals surface area contributed by atoms with E-state index in [0.29, 0.717) is 0 Å². The Labute approximate surface area is 70.3 Å². The molecule has 0 aliphatic carbocycles. The van der Waals surface area contributed by atoms with Gasteiger partial charge in [0.25, 0.3) is 0 Å². The molecule has 2 rings (SSSR count). The van der Waals surface area contributed by atoms with Crippen LogP contribution >= 0.6 is 0 Å². The van der Waals surface area contributed by atoms with Crippen LogP contribution in [0.15, 0.2) is 35.7 Å².